The zero-order valence-corrected chi connectivity index (χ0v) is 12.5. The van der Waals surface area contributed by atoms with Crippen LogP contribution in [0.2, 0.25) is 0 Å². The van der Waals surface area contributed by atoms with Crippen molar-refractivity contribution in [2.75, 3.05) is 10.6 Å². The van der Waals surface area contributed by atoms with Gasteiger partial charge < -0.3 is 10.6 Å². The molecule has 1 aliphatic carbocycles. The second kappa shape index (κ2) is 6.04. The Hall–Kier alpha value is -2.96. The summed E-state index contributed by atoms with van der Waals surface area (Å²) in [5.74, 6) is 2.08. The summed E-state index contributed by atoms with van der Waals surface area (Å²) in [5, 5.41) is 21.9. The number of anilines is 3. The van der Waals surface area contributed by atoms with Gasteiger partial charge in [-0.3, -0.25) is 10.1 Å². The Balaban J connectivity index is 1.41. The molecule has 0 aromatic carbocycles. The van der Waals surface area contributed by atoms with Gasteiger partial charge in [-0.15, -0.1) is 5.10 Å². The molecule has 1 saturated carbocycles. The molecule has 0 bridgehead atoms. The Morgan fingerprint density at radius 2 is 2.13 bits per heavy atom. The average molecular weight is 307 g/mol. The molecule has 3 N–H and O–H groups in total. The first-order chi connectivity index (χ1) is 11.4. The third kappa shape index (κ3) is 3.45. The van der Waals surface area contributed by atoms with Crippen LogP contribution < -0.4 is 10.6 Å². The topological polar surface area (TPSA) is 91.4 Å². The first-order valence-corrected chi connectivity index (χ1v) is 7.65. The summed E-state index contributed by atoms with van der Waals surface area (Å²) < 4.78 is 0. The lowest BCUT2D eigenvalue weighted by Crippen LogP contribution is -2.02. The van der Waals surface area contributed by atoms with Crippen molar-refractivity contribution in [1.29, 1.82) is 0 Å². The molecule has 1 aliphatic rings. The van der Waals surface area contributed by atoms with Gasteiger partial charge in [-0.2, -0.15) is 10.2 Å². The number of rotatable bonds is 6. The molecule has 0 aliphatic heterocycles. The van der Waals surface area contributed by atoms with Gasteiger partial charge in [0.15, 0.2) is 11.6 Å². The van der Waals surface area contributed by atoms with Crippen LogP contribution in [0.4, 0.5) is 17.3 Å². The van der Waals surface area contributed by atoms with Crippen molar-refractivity contribution >= 4 is 17.3 Å². The lowest BCUT2D eigenvalue weighted by molar-refractivity contribution is 0.964. The zero-order chi connectivity index (χ0) is 15.5. The standard InChI is InChI=1S/C16H17N7/c1-2-11(8-17-5-1)9-18-13-6-15(22-19-10-13)20-16-7-14(21-23-16)12-3-4-12/h1-2,5-8,10,12H,3-4,9H2,(H3,18,20,21,22,23). The molecular formula is C16H17N7. The maximum atomic E-state index is 4.26. The number of hydrogen-bond acceptors (Lipinski definition) is 6. The summed E-state index contributed by atoms with van der Waals surface area (Å²) in [7, 11) is 0. The van der Waals surface area contributed by atoms with Crippen molar-refractivity contribution in [3.8, 4) is 0 Å². The highest BCUT2D eigenvalue weighted by Gasteiger charge is 2.25. The van der Waals surface area contributed by atoms with E-state index in [9.17, 15) is 0 Å². The van der Waals surface area contributed by atoms with Gasteiger partial charge in [0.1, 0.15) is 0 Å². The molecule has 7 heteroatoms. The number of hydrogen-bond donors (Lipinski definition) is 3. The smallest absolute Gasteiger partial charge is 0.156 e. The predicted octanol–water partition coefficient (Wildman–Crippen LogP) is 2.83. The van der Waals surface area contributed by atoms with Crippen LogP contribution in [0.15, 0.2) is 42.9 Å². The van der Waals surface area contributed by atoms with Crippen LogP contribution >= 0.6 is 0 Å². The van der Waals surface area contributed by atoms with E-state index in [4.69, 9.17) is 0 Å². The second-order valence-electron chi connectivity index (χ2n) is 5.65. The van der Waals surface area contributed by atoms with Crippen molar-refractivity contribution in [3.63, 3.8) is 0 Å². The van der Waals surface area contributed by atoms with Gasteiger partial charge in [0.2, 0.25) is 0 Å². The molecule has 0 radical (unpaired) electrons. The molecule has 116 valence electrons. The monoisotopic (exact) mass is 307 g/mol. The van der Waals surface area contributed by atoms with Gasteiger partial charge in [-0.05, 0) is 24.5 Å². The van der Waals surface area contributed by atoms with Crippen molar-refractivity contribution in [2.24, 2.45) is 0 Å². The SMILES string of the molecule is c1cncc(CNc2cnnc(Nc3cc(C4CC4)[nH]n3)c2)c1. The molecule has 3 heterocycles. The minimum Gasteiger partial charge on any atom is -0.379 e. The molecule has 0 spiro atoms. The number of aromatic amines is 1. The fourth-order valence-corrected chi connectivity index (χ4v) is 2.37. The molecule has 3 aromatic rings. The summed E-state index contributed by atoms with van der Waals surface area (Å²) in [4.78, 5) is 4.10. The highest BCUT2D eigenvalue weighted by atomic mass is 15.2. The fourth-order valence-electron chi connectivity index (χ4n) is 2.37. The lowest BCUT2D eigenvalue weighted by Gasteiger charge is -2.07. The summed E-state index contributed by atoms with van der Waals surface area (Å²) in [6.07, 6.45) is 7.79. The number of aromatic nitrogens is 5. The largest absolute Gasteiger partial charge is 0.379 e. The van der Waals surface area contributed by atoms with E-state index in [1.54, 1.807) is 12.4 Å². The van der Waals surface area contributed by atoms with Crippen LogP contribution in [0.25, 0.3) is 0 Å². The van der Waals surface area contributed by atoms with Crippen LogP contribution in [-0.2, 0) is 6.54 Å². The van der Waals surface area contributed by atoms with E-state index in [0.717, 1.165) is 17.1 Å². The van der Waals surface area contributed by atoms with E-state index in [1.165, 1.54) is 18.5 Å². The number of H-pyrrole nitrogens is 1. The molecular weight excluding hydrogens is 290 g/mol. The molecule has 23 heavy (non-hydrogen) atoms. The predicted molar refractivity (Wildman–Crippen MR) is 87.4 cm³/mol. The summed E-state index contributed by atoms with van der Waals surface area (Å²) in [6.45, 7) is 0.688. The first kappa shape index (κ1) is 13.7. The number of pyridine rings is 1. The van der Waals surface area contributed by atoms with Crippen molar-refractivity contribution in [3.05, 3.63) is 54.1 Å². The van der Waals surface area contributed by atoms with E-state index in [1.807, 2.05) is 30.5 Å². The van der Waals surface area contributed by atoms with Gasteiger partial charge in [0.25, 0.3) is 0 Å². The van der Waals surface area contributed by atoms with Gasteiger partial charge in [-0.1, -0.05) is 6.07 Å². The zero-order valence-electron chi connectivity index (χ0n) is 12.5. The first-order valence-electron chi connectivity index (χ1n) is 7.65. The van der Waals surface area contributed by atoms with Crippen molar-refractivity contribution < 1.29 is 0 Å². The molecule has 3 aromatic heterocycles. The third-order valence-electron chi connectivity index (χ3n) is 3.74. The van der Waals surface area contributed by atoms with Gasteiger partial charge in [0, 0.05) is 42.7 Å². The second-order valence-corrected chi connectivity index (χ2v) is 5.65. The maximum absolute atomic E-state index is 4.26. The summed E-state index contributed by atoms with van der Waals surface area (Å²) in [6, 6.07) is 7.89. The maximum Gasteiger partial charge on any atom is 0.156 e. The normalized spacial score (nSPS) is 13.7. The minimum absolute atomic E-state index is 0.650. The van der Waals surface area contributed by atoms with Gasteiger partial charge in [-0.25, -0.2) is 0 Å². The van der Waals surface area contributed by atoms with Gasteiger partial charge >= 0.3 is 0 Å². The third-order valence-corrected chi connectivity index (χ3v) is 3.74. The Kier molecular flexibility index (Phi) is 3.59. The molecule has 0 amide bonds. The van der Waals surface area contributed by atoms with E-state index < -0.39 is 0 Å². The molecule has 0 atom stereocenters. The van der Waals surface area contributed by atoms with E-state index in [0.29, 0.717) is 18.3 Å². The molecule has 7 nitrogen and oxygen atoms in total. The highest BCUT2D eigenvalue weighted by molar-refractivity contribution is 5.57. The molecule has 4 rings (SSSR count). The lowest BCUT2D eigenvalue weighted by atomic mass is 10.3. The Morgan fingerprint density at radius 1 is 1.17 bits per heavy atom. The molecule has 1 fully saturated rings. The minimum atomic E-state index is 0.650. The number of nitrogens with zero attached hydrogens (tertiary/aromatic N) is 4. The molecule has 0 unspecified atom stereocenters. The average Bonchev–Trinajstić information content (AvgIpc) is 3.34. The van der Waals surface area contributed by atoms with Crippen LogP contribution in [0.5, 0.6) is 0 Å². The Labute approximate surface area is 133 Å². The highest BCUT2D eigenvalue weighted by Crippen LogP contribution is 2.39. The number of nitrogens with one attached hydrogen (secondary N) is 3. The van der Waals surface area contributed by atoms with Crippen LogP contribution in [0.3, 0.4) is 0 Å². The fraction of sp³-hybridized carbons (Fsp3) is 0.250. The molecule has 0 saturated heterocycles. The van der Waals surface area contributed by atoms with Crippen LogP contribution in [-0.4, -0.2) is 25.4 Å². The van der Waals surface area contributed by atoms with Crippen LogP contribution in [0.1, 0.15) is 30.0 Å². The van der Waals surface area contributed by atoms with E-state index in [2.05, 4.69) is 36.0 Å². The Bertz CT molecular complexity index is 780. The van der Waals surface area contributed by atoms with Crippen LogP contribution in [0, 0.1) is 0 Å². The van der Waals surface area contributed by atoms with Crippen molar-refractivity contribution in [1.82, 2.24) is 25.4 Å². The van der Waals surface area contributed by atoms with E-state index in [-0.39, 0.29) is 0 Å². The Morgan fingerprint density at radius 3 is 2.96 bits per heavy atom. The van der Waals surface area contributed by atoms with Crippen molar-refractivity contribution in [2.45, 2.75) is 25.3 Å². The van der Waals surface area contributed by atoms with E-state index >= 15 is 0 Å². The van der Waals surface area contributed by atoms with Gasteiger partial charge in [0.05, 0.1) is 11.9 Å². The quantitative estimate of drug-likeness (QED) is 0.648. The summed E-state index contributed by atoms with van der Waals surface area (Å²) >= 11 is 0. The summed E-state index contributed by atoms with van der Waals surface area (Å²) in [5.41, 5.74) is 3.19.